The van der Waals surface area contributed by atoms with Crippen molar-refractivity contribution in [1.82, 2.24) is 14.7 Å². The molecule has 1 heterocycles. The summed E-state index contributed by atoms with van der Waals surface area (Å²) < 4.78 is 32.6. The lowest BCUT2D eigenvalue weighted by molar-refractivity contribution is 0.0575. The molecule has 0 aliphatic heterocycles. The summed E-state index contributed by atoms with van der Waals surface area (Å²) in [4.78, 5) is 8.54. The van der Waals surface area contributed by atoms with Gasteiger partial charge in [-0.3, -0.25) is 0 Å². The molecule has 1 fully saturated rings. The van der Waals surface area contributed by atoms with E-state index in [4.69, 9.17) is 16.3 Å². The normalized spacial score (nSPS) is 19.8. The fourth-order valence-corrected chi connectivity index (χ4v) is 4.29. The zero-order valence-corrected chi connectivity index (χ0v) is 17.2. The minimum Gasteiger partial charge on any atom is -0.470 e. The highest BCUT2D eigenvalue weighted by atomic mass is 35.5. The lowest BCUT2D eigenvalue weighted by Gasteiger charge is -2.17. The lowest BCUT2D eigenvalue weighted by atomic mass is 10.3. The second-order valence-electron chi connectivity index (χ2n) is 6.93. The molecule has 28 heavy (non-hydrogen) atoms. The summed E-state index contributed by atoms with van der Waals surface area (Å²) in [6.45, 7) is 3.52. The van der Waals surface area contributed by atoms with Crippen LogP contribution >= 0.6 is 11.6 Å². The highest BCUT2D eigenvalue weighted by molar-refractivity contribution is 7.89. The van der Waals surface area contributed by atoms with E-state index in [9.17, 15) is 13.5 Å². The van der Waals surface area contributed by atoms with E-state index in [0.29, 0.717) is 12.1 Å². The number of aliphatic hydroxyl groups excluding tert-OH is 1. The second kappa shape index (κ2) is 8.60. The summed E-state index contributed by atoms with van der Waals surface area (Å²) in [5, 5.41) is 13.2. The highest BCUT2D eigenvalue weighted by Gasteiger charge is 2.28. The van der Waals surface area contributed by atoms with Crippen molar-refractivity contribution in [1.29, 1.82) is 0 Å². The first kappa shape index (κ1) is 20.8. The Morgan fingerprint density at radius 3 is 2.57 bits per heavy atom. The fourth-order valence-electron chi connectivity index (χ4n) is 2.91. The van der Waals surface area contributed by atoms with Gasteiger partial charge in [-0.15, -0.1) is 0 Å². The van der Waals surface area contributed by atoms with Gasteiger partial charge in [-0.1, -0.05) is 11.6 Å². The predicted molar refractivity (Wildman–Crippen MR) is 106 cm³/mol. The molecule has 3 rings (SSSR count). The number of aliphatic hydroxyl groups is 1. The van der Waals surface area contributed by atoms with Crippen molar-refractivity contribution in [2.75, 3.05) is 5.32 Å². The van der Waals surface area contributed by atoms with E-state index in [1.807, 2.05) is 0 Å². The van der Waals surface area contributed by atoms with E-state index in [2.05, 4.69) is 20.0 Å². The summed E-state index contributed by atoms with van der Waals surface area (Å²) >= 11 is 6.10. The van der Waals surface area contributed by atoms with Gasteiger partial charge < -0.3 is 15.2 Å². The monoisotopic (exact) mass is 426 g/mol. The van der Waals surface area contributed by atoms with Gasteiger partial charge >= 0.3 is 0 Å². The van der Waals surface area contributed by atoms with Crippen LogP contribution in [0.5, 0.6) is 5.88 Å². The van der Waals surface area contributed by atoms with Gasteiger partial charge in [0.05, 0.1) is 17.2 Å². The molecule has 0 saturated heterocycles. The topological polar surface area (TPSA) is 113 Å². The van der Waals surface area contributed by atoms with Gasteiger partial charge in [-0.2, -0.15) is 4.98 Å². The van der Waals surface area contributed by atoms with Gasteiger partial charge in [0.25, 0.3) is 0 Å². The first-order valence-corrected chi connectivity index (χ1v) is 10.9. The van der Waals surface area contributed by atoms with Crippen molar-refractivity contribution in [2.24, 2.45) is 0 Å². The average Bonchev–Trinajstić information content (AvgIpc) is 3.02. The van der Waals surface area contributed by atoms with E-state index in [-0.39, 0.29) is 33.9 Å². The number of ether oxygens (including phenoxy) is 1. The van der Waals surface area contributed by atoms with Crippen LogP contribution in [-0.4, -0.2) is 41.7 Å². The molecular formula is C18H23ClN4O4S. The number of halogens is 1. The first-order valence-electron chi connectivity index (χ1n) is 9.01. The smallest absolute Gasteiger partial charge is 0.240 e. The number of hydrogen-bond acceptors (Lipinski definition) is 7. The Hall–Kier alpha value is -1.94. The van der Waals surface area contributed by atoms with Crippen molar-refractivity contribution < 1.29 is 18.3 Å². The molecule has 0 spiro atoms. The number of nitrogens with zero attached hydrogens (tertiary/aromatic N) is 2. The van der Waals surface area contributed by atoms with Gasteiger partial charge in [-0.25, -0.2) is 18.1 Å². The molecule has 1 aromatic carbocycles. The van der Waals surface area contributed by atoms with E-state index in [1.54, 1.807) is 26.0 Å². The number of nitrogens with one attached hydrogen (secondary N) is 2. The zero-order chi connectivity index (χ0) is 20.3. The standard InChI is InChI=1S/C18H23ClN4O4S/c1-11(2)23-28(25,26)13-8-6-12(7-9-13)21-18-20-10-14(19)17(22-18)27-16-5-3-4-15(16)24/h6-11,15-16,23-24H,3-5H2,1-2H3,(H,20,21,22)/t15-,16+/m1/s1. The van der Waals surface area contributed by atoms with E-state index < -0.39 is 16.1 Å². The average molecular weight is 427 g/mol. The Bertz CT molecular complexity index is 922. The van der Waals surface area contributed by atoms with Crippen molar-refractivity contribution in [3.8, 4) is 5.88 Å². The zero-order valence-electron chi connectivity index (χ0n) is 15.6. The number of hydrogen-bond donors (Lipinski definition) is 3. The SMILES string of the molecule is CC(C)NS(=O)(=O)c1ccc(Nc2ncc(Cl)c(O[C@H]3CCC[C@H]3O)n2)cc1. The second-order valence-corrected chi connectivity index (χ2v) is 9.05. The third kappa shape index (κ3) is 5.11. The van der Waals surface area contributed by atoms with Crippen LogP contribution in [0.15, 0.2) is 35.4 Å². The van der Waals surface area contributed by atoms with Crippen LogP contribution in [0, 0.1) is 0 Å². The molecule has 1 aliphatic carbocycles. The maximum absolute atomic E-state index is 12.2. The van der Waals surface area contributed by atoms with Crippen LogP contribution < -0.4 is 14.8 Å². The summed E-state index contributed by atoms with van der Waals surface area (Å²) in [6.07, 6.45) is 2.87. The van der Waals surface area contributed by atoms with Crippen LogP contribution in [0.1, 0.15) is 33.1 Å². The van der Waals surface area contributed by atoms with Crippen LogP contribution in [0.3, 0.4) is 0 Å². The number of rotatable bonds is 7. The molecule has 0 amide bonds. The minimum atomic E-state index is -3.55. The third-order valence-electron chi connectivity index (χ3n) is 4.20. The molecule has 10 heteroatoms. The Kier molecular flexibility index (Phi) is 6.39. The van der Waals surface area contributed by atoms with Crippen molar-refractivity contribution in [3.63, 3.8) is 0 Å². The van der Waals surface area contributed by atoms with Gasteiger partial charge in [0, 0.05) is 11.7 Å². The van der Waals surface area contributed by atoms with E-state index >= 15 is 0 Å². The number of sulfonamides is 1. The number of aromatic nitrogens is 2. The molecule has 2 aromatic rings. The molecule has 3 N–H and O–H groups in total. The molecule has 0 unspecified atom stereocenters. The van der Waals surface area contributed by atoms with Crippen molar-refractivity contribution >= 4 is 33.3 Å². The lowest BCUT2D eigenvalue weighted by Crippen LogP contribution is -2.30. The molecular weight excluding hydrogens is 404 g/mol. The third-order valence-corrected chi connectivity index (χ3v) is 6.14. The van der Waals surface area contributed by atoms with Gasteiger partial charge in [0.1, 0.15) is 11.1 Å². The van der Waals surface area contributed by atoms with Crippen LogP contribution in [-0.2, 0) is 10.0 Å². The van der Waals surface area contributed by atoms with Crippen LogP contribution in [0.4, 0.5) is 11.6 Å². The first-order chi connectivity index (χ1) is 13.2. The van der Waals surface area contributed by atoms with E-state index in [0.717, 1.165) is 12.8 Å². The predicted octanol–water partition coefficient (Wildman–Crippen LogP) is 2.85. The molecule has 0 radical (unpaired) electrons. The van der Waals surface area contributed by atoms with Gasteiger partial charge in [0.15, 0.2) is 0 Å². The molecule has 1 saturated carbocycles. The Morgan fingerprint density at radius 2 is 1.96 bits per heavy atom. The van der Waals surface area contributed by atoms with Crippen molar-refractivity contribution in [3.05, 3.63) is 35.5 Å². The molecule has 1 aliphatic rings. The highest BCUT2D eigenvalue weighted by Crippen LogP contribution is 2.29. The molecule has 0 bridgehead atoms. The summed E-state index contributed by atoms with van der Waals surface area (Å²) in [6, 6.07) is 6.04. The maximum atomic E-state index is 12.2. The maximum Gasteiger partial charge on any atom is 0.240 e. The van der Waals surface area contributed by atoms with Gasteiger partial charge in [0.2, 0.25) is 21.9 Å². The molecule has 2 atom stereocenters. The Labute approximate surface area is 169 Å². The van der Waals surface area contributed by atoms with Crippen LogP contribution in [0.25, 0.3) is 0 Å². The van der Waals surface area contributed by atoms with Crippen molar-refractivity contribution in [2.45, 2.75) is 56.3 Å². The summed E-state index contributed by atoms with van der Waals surface area (Å²) in [5.74, 6) is 0.452. The molecule has 1 aromatic heterocycles. The quantitative estimate of drug-likeness (QED) is 0.623. The number of benzene rings is 1. The summed E-state index contributed by atoms with van der Waals surface area (Å²) in [5.41, 5.74) is 0.609. The fraction of sp³-hybridized carbons (Fsp3) is 0.444. The molecule has 8 nitrogen and oxygen atoms in total. The summed E-state index contributed by atoms with van der Waals surface area (Å²) in [7, 11) is -3.55. The Balaban J connectivity index is 1.72. The molecule has 152 valence electrons. The minimum absolute atomic E-state index is 0.169. The van der Waals surface area contributed by atoms with Crippen LogP contribution in [0.2, 0.25) is 5.02 Å². The number of anilines is 2. The largest absolute Gasteiger partial charge is 0.470 e. The van der Waals surface area contributed by atoms with Gasteiger partial charge in [-0.05, 0) is 57.4 Å². The Morgan fingerprint density at radius 1 is 1.25 bits per heavy atom. The van der Waals surface area contributed by atoms with E-state index in [1.165, 1.54) is 18.3 Å².